The molecule has 0 radical (unpaired) electrons. The molecule has 2 atom stereocenters. The molecule has 0 bridgehead atoms. The highest BCUT2D eigenvalue weighted by molar-refractivity contribution is 7.91. The number of carbonyl (C=O) groups is 6. The van der Waals surface area contributed by atoms with Gasteiger partial charge in [0.2, 0.25) is 17.7 Å². The summed E-state index contributed by atoms with van der Waals surface area (Å²) < 4.78 is 47.5. The van der Waals surface area contributed by atoms with E-state index in [1.807, 2.05) is 50.2 Å². The highest BCUT2D eigenvalue weighted by atomic mass is 32.2. The number of nitrogens with zero attached hydrogens (tertiary/aromatic N) is 4. The minimum atomic E-state index is -2.74. The third-order valence-corrected chi connectivity index (χ3v) is 23.3. The standard InChI is InChI=1S/C23H30F2N2.C23H28N2O5.C13H15N.C10H21N.C8H17N.C6H14O.C5H12O.C5H10O.C4H10O2S.C3H8/c1-18(2)4-3-13-26-14-16-27(17-15-26)23(19-5-9-21(24)10-6-19)20-7-11-22(25)12-8-20;1-13(2)7-4-3-5-10-17(26)24-16-9-6-8-14-19(16)22(29)20(21(14)28)15-11-12-18(27)25-23(15)30;1-10(2)9-12-8-7-11-5-3-4-6-13(11)14-12;1-10(2)6-5-9-11-7-3-4-8-11;1-7(2)8-3-5-9-6-4-8;1-6(2)4-3-5-7;1-5(2)3-4-6;1-4(2)5(3)6;1-4(2)7(3,5)6;1-3-2/h5-12,18,23H,3-4,13-17H2,1-2H3;6,8-9,13,15,20H,3-5,7,10-12H2,1-2H3,(H,24,26)(H,25,27,30);3-8,10H,9H2,1-2H3;10H,3-9H2,1-2H3;7-9H,3-6H2,1-2H3;6-7H,3-5H2,1-2H3;5-6H,3-4H2,1-2H3;4H,1-3H3;4H,1-3H3;3H2,1-2H3. The highest BCUT2D eigenvalue weighted by Crippen LogP contribution is 2.39. The number of aliphatic hydroxyl groups is 2. The third-order valence-electron chi connectivity index (χ3n) is 21.6. The normalized spacial score (nSPS) is 16.2. The second kappa shape index (κ2) is 63.4. The van der Waals surface area contributed by atoms with Gasteiger partial charge in [0.15, 0.2) is 11.6 Å². The van der Waals surface area contributed by atoms with Crippen molar-refractivity contribution < 1.29 is 56.2 Å². The maximum Gasteiger partial charge on any atom is 0.230 e. The molecule has 1 aliphatic carbocycles. The first-order valence-electron chi connectivity index (χ1n) is 45.7. The molecule has 10 rings (SSSR count). The number of fused-ring (bicyclic) bond motifs is 2. The van der Waals surface area contributed by atoms with E-state index in [0.29, 0.717) is 43.1 Å². The molecule has 680 valence electrons. The van der Waals surface area contributed by atoms with Gasteiger partial charge in [0.05, 0.1) is 39.9 Å². The second-order valence-corrected chi connectivity index (χ2v) is 39.1. The lowest BCUT2D eigenvalue weighted by Gasteiger charge is -2.40. The van der Waals surface area contributed by atoms with Gasteiger partial charge in [-0.3, -0.25) is 44.0 Å². The molecule has 17 nitrogen and oxygen atoms in total. The van der Waals surface area contributed by atoms with Gasteiger partial charge in [0.1, 0.15) is 27.3 Å². The molecule has 4 fully saturated rings. The van der Waals surface area contributed by atoms with Crippen molar-refractivity contribution in [1.29, 1.82) is 0 Å². The van der Waals surface area contributed by atoms with Crippen molar-refractivity contribution in [2.45, 2.75) is 285 Å². The quantitative estimate of drug-likeness (QED) is 0.0170. The SMILES string of the molecule is CC(=O)C(C)C.CC(C)C1CCNCC1.CC(C)CCCCCC(=O)Nc1cccc2c1C(=O)C(C1CCC(=O)NC1=O)C2=O.CC(C)CCCN1CCCC1.CC(C)CCCN1CCN(C(c2ccc(F)cc2)c2ccc(F)cc2)CC1.CC(C)CCCO.CC(C)CCO.CC(C)Cc1ccc2ccccc2n1.CC(C)S(C)(=O)=O.CCC. The maximum absolute atomic E-state index is 13.4. The molecule has 5 heterocycles. The Morgan fingerprint density at radius 3 is 1.47 bits per heavy atom. The smallest absolute Gasteiger partial charge is 0.230 e. The zero-order valence-corrected chi connectivity index (χ0v) is 79.4. The summed E-state index contributed by atoms with van der Waals surface area (Å²) in [5, 5.41) is 25.9. The molecule has 20 heteroatoms. The molecular weight excluding hydrogens is 1530 g/mol. The van der Waals surface area contributed by atoms with E-state index in [1.165, 1.54) is 132 Å². The van der Waals surface area contributed by atoms with E-state index in [2.05, 4.69) is 171 Å². The molecule has 0 saturated carbocycles. The number of anilines is 1. The van der Waals surface area contributed by atoms with Crippen molar-refractivity contribution in [1.82, 2.24) is 30.3 Å². The lowest BCUT2D eigenvalue weighted by Crippen LogP contribution is -2.48. The van der Waals surface area contributed by atoms with E-state index >= 15 is 0 Å². The lowest BCUT2D eigenvalue weighted by molar-refractivity contribution is -0.137. The Bertz CT molecular complexity index is 3670. The maximum atomic E-state index is 13.4. The summed E-state index contributed by atoms with van der Waals surface area (Å²) in [6.07, 6.45) is 22.1. The van der Waals surface area contributed by atoms with Crippen LogP contribution in [0.5, 0.6) is 0 Å². The number of aromatic nitrogens is 1. The van der Waals surface area contributed by atoms with Gasteiger partial charge in [0, 0.05) is 81.1 Å². The second-order valence-electron chi connectivity index (χ2n) is 36.5. The number of sulfone groups is 1. The number of Topliss-reactive ketones (excluding diaryl/α,β-unsaturated/α-hetero) is 3. The first-order valence-corrected chi connectivity index (χ1v) is 47.7. The lowest BCUT2D eigenvalue weighted by atomic mass is 9.82. The summed E-state index contributed by atoms with van der Waals surface area (Å²) in [7, 11) is -2.74. The number of rotatable bonds is 29. The number of pyridine rings is 1. The van der Waals surface area contributed by atoms with E-state index in [-0.39, 0.29) is 64.5 Å². The van der Waals surface area contributed by atoms with E-state index < -0.39 is 45.1 Å². The molecule has 120 heavy (non-hydrogen) atoms. The zero-order chi connectivity index (χ0) is 90.5. The Labute approximate surface area is 727 Å². The molecule has 2 unspecified atom stereocenters. The van der Waals surface area contributed by atoms with Crippen LogP contribution in [0.25, 0.3) is 10.9 Å². The van der Waals surface area contributed by atoms with Crippen LogP contribution in [0.2, 0.25) is 0 Å². The topological polar surface area (TPSA) is 236 Å². The van der Waals surface area contributed by atoms with Crippen LogP contribution in [0.15, 0.2) is 103 Å². The summed E-state index contributed by atoms with van der Waals surface area (Å²) in [4.78, 5) is 84.2. The van der Waals surface area contributed by atoms with E-state index in [0.717, 1.165) is 130 Å². The largest absolute Gasteiger partial charge is 0.396 e. The average molecular weight is 1700 g/mol. The predicted octanol–water partition coefficient (Wildman–Crippen LogP) is 21.5. The molecule has 5 N–H and O–H groups in total. The number of carbonyl (C=O) groups excluding carboxylic acids is 6. The number of piperazine rings is 1. The molecule has 4 saturated heterocycles. The van der Waals surface area contributed by atoms with Crippen molar-refractivity contribution in [2.24, 2.45) is 65.1 Å². The Hall–Kier alpha value is -6.52. The van der Waals surface area contributed by atoms with Crippen molar-refractivity contribution in [2.75, 3.05) is 90.2 Å². The Kier molecular flexibility index (Phi) is 58.9. The molecule has 3 amide bonds. The van der Waals surface area contributed by atoms with Gasteiger partial charge >= 0.3 is 0 Å². The summed E-state index contributed by atoms with van der Waals surface area (Å²) in [5.74, 6) is 2.19. The van der Waals surface area contributed by atoms with Gasteiger partial charge in [-0.1, -0.05) is 211 Å². The monoisotopic (exact) mass is 1690 g/mol. The first-order chi connectivity index (χ1) is 56.7. The van der Waals surface area contributed by atoms with Gasteiger partial charge < -0.3 is 30.6 Å². The molecule has 5 aromatic rings. The molecule has 4 aromatic carbocycles. The number of hydrogen-bond donors (Lipinski definition) is 5. The van der Waals surface area contributed by atoms with Crippen molar-refractivity contribution >= 4 is 61.5 Å². The summed E-state index contributed by atoms with van der Waals surface area (Å²) in [6.45, 7) is 56.4. The summed E-state index contributed by atoms with van der Waals surface area (Å²) in [5.41, 5.74) is 5.11. The number of piperidine rings is 2. The van der Waals surface area contributed by atoms with E-state index in [1.54, 1.807) is 39.0 Å². The predicted molar refractivity (Wildman–Crippen MR) is 497 cm³/mol. The molecule has 4 aliphatic heterocycles. The molecule has 5 aliphatic rings. The number of halogens is 2. The molecule has 0 spiro atoms. The van der Waals surface area contributed by atoms with Crippen LogP contribution in [0.4, 0.5) is 14.5 Å². The Morgan fingerprint density at radius 1 is 0.558 bits per heavy atom. The van der Waals surface area contributed by atoms with Gasteiger partial charge in [-0.2, -0.15) is 0 Å². The van der Waals surface area contributed by atoms with Gasteiger partial charge in [-0.05, 0) is 251 Å². The van der Waals surface area contributed by atoms with Crippen LogP contribution in [0, 0.1) is 76.7 Å². The summed E-state index contributed by atoms with van der Waals surface area (Å²) >= 11 is 0. The average Bonchev–Trinajstić information content (AvgIpc) is 1.60. The minimum Gasteiger partial charge on any atom is -0.396 e. The number of para-hydroxylation sites is 1. The number of nitrogens with one attached hydrogen (secondary N) is 3. The fraction of sp³-hybridized carbons (Fsp3) is 0.670. The third kappa shape index (κ3) is 49.1. The highest BCUT2D eigenvalue weighted by Gasteiger charge is 2.48. The zero-order valence-electron chi connectivity index (χ0n) is 78.6. The van der Waals surface area contributed by atoms with Gasteiger partial charge in [-0.25, -0.2) is 17.2 Å². The van der Waals surface area contributed by atoms with E-state index in [4.69, 9.17) is 10.2 Å². The number of likely N-dealkylation sites (tertiary alicyclic amines) is 1. The number of imide groups is 1. The molecule has 1 aromatic heterocycles. The van der Waals surface area contributed by atoms with Crippen molar-refractivity contribution in [3.63, 3.8) is 0 Å². The van der Waals surface area contributed by atoms with Crippen LogP contribution in [-0.2, 0) is 35.4 Å². The number of unbranched alkanes of at least 4 members (excludes halogenated alkanes) is 2. The van der Waals surface area contributed by atoms with Crippen LogP contribution in [-0.4, -0.2) is 164 Å². The van der Waals surface area contributed by atoms with Crippen LogP contribution in [0.3, 0.4) is 0 Å². The minimum absolute atomic E-state index is 0.0315. The van der Waals surface area contributed by atoms with Crippen LogP contribution < -0.4 is 16.0 Å². The van der Waals surface area contributed by atoms with Crippen LogP contribution >= 0.6 is 0 Å². The number of aliphatic hydroxyl groups excluding tert-OH is 2. The van der Waals surface area contributed by atoms with Crippen LogP contribution in [0.1, 0.15) is 311 Å². The fourth-order valence-corrected chi connectivity index (χ4v) is 13.7. The van der Waals surface area contributed by atoms with E-state index in [9.17, 15) is 46.0 Å². The molecular formula is C100H165F2N7O10S. The van der Waals surface area contributed by atoms with Gasteiger partial charge in [0.25, 0.3) is 0 Å². The number of hydrogen-bond acceptors (Lipinski definition) is 15. The number of benzene rings is 4. The number of amides is 3. The fourth-order valence-electron chi connectivity index (χ4n) is 13.7. The first kappa shape index (κ1) is 111. The Morgan fingerprint density at radius 2 is 1.04 bits per heavy atom. The van der Waals surface area contributed by atoms with Gasteiger partial charge in [-0.15, -0.1) is 0 Å². The summed E-state index contributed by atoms with van der Waals surface area (Å²) in [6, 6.07) is 30.7. The number of ketones is 3. The van der Waals surface area contributed by atoms with Crippen molar-refractivity contribution in [3.8, 4) is 0 Å². The van der Waals surface area contributed by atoms with Crippen molar-refractivity contribution in [3.05, 3.63) is 143 Å². The Balaban J connectivity index is 0.000000721.